The highest BCUT2D eigenvalue weighted by Crippen LogP contribution is 2.18. The fourth-order valence-electron chi connectivity index (χ4n) is 1.11. The topological polar surface area (TPSA) is 72.2 Å². The smallest absolute Gasteiger partial charge is 0.246 e. The zero-order valence-corrected chi connectivity index (χ0v) is 10.6. The van der Waals surface area contributed by atoms with Crippen LogP contribution in [0.4, 0.5) is 8.78 Å². The van der Waals surface area contributed by atoms with E-state index in [9.17, 15) is 17.2 Å². The Morgan fingerprint density at radius 3 is 2.24 bits per heavy atom. The summed E-state index contributed by atoms with van der Waals surface area (Å²) < 4.78 is 51.7. The average molecular weight is 287 g/mol. The average Bonchev–Trinajstić information content (AvgIpc) is 2.16. The molecule has 0 amide bonds. The number of halogens is 3. The Morgan fingerprint density at radius 2 is 1.82 bits per heavy atom. The fourth-order valence-corrected chi connectivity index (χ4v) is 2.50. The molecule has 8 heteroatoms. The van der Waals surface area contributed by atoms with Gasteiger partial charge in [-0.3, -0.25) is 0 Å². The van der Waals surface area contributed by atoms with Crippen molar-refractivity contribution >= 4 is 22.4 Å². The number of hydrogen-bond donors (Lipinski definition) is 2. The number of hydrogen-bond acceptors (Lipinski definition) is 3. The Hall–Kier alpha value is -0.760. The van der Waals surface area contributed by atoms with Crippen molar-refractivity contribution in [3.8, 4) is 0 Å². The number of rotatable bonds is 4. The predicted molar refractivity (Wildman–Crippen MR) is 62.4 cm³/mol. The zero-order valence-electron chi connectivity index (χ0n) is 8.98. The lowest BCUT2D eigenvalue weighted by molar-refractivity contribution is 0.508. The number of nitrogens with two attached hydrogens (primary N) is 1. The molecule has 0 fully saturated rings. The van der Waals surface area contributed by atoms with Gasteiger partial charge in [0.2, 0.25) is 10.0 Å². The third kappa shape index (κ3) is 3.88. The van der Waals surface area contributed by atoms with Crippen molar-refractivity contribution in [2.45, 2.75) is 17.9 Å². The SMILES string of the molecule is C[C@@H](CN)NS(=O)(=O)c1c(F)cccc1F.Cl. The van der Waals surface area contributed by atoms with Crippen molar-refractivity contribution in [2.24, 2.45) is 5.73 Å². The van der Waals surface area contributed by atoms with Crippen LogP contribution in [0.25, 0.3) is 0 Å². The van der Waals surface area contributed by atoms with Gasteiger partial charge in [0, 0.05) is 12.6 Å². The van der Waals surface area contributed by atoms with Crippen LogP contribution >= 0.6 is 12.4 Å². The number of sulfonamides is 1. The van der Waals surface area contributed by atoms with Crippen LogP contribution in [0.15, 0.2) is 23.1 Å². The highest BCUT2D eigenvalue weighted by atomic mass is 35.5. The van der Waals surface area contributed by atoms with Crippen molar-refractivity contribution in [3.05, 3.63) is 29.8 Å². The molecule has 0 radical (unpaired) electrons. The molecule has 0 aromatic heterocycles. The Balaban J connectivity index is 0.00000256. The monoisotopic (exact) mass is 286 g/mol. The Labute approximate surface area is 105 Å². The first-order valence-electron chi connectivity index (χ1n) is 4.55. The van der Waals surface area contributed by atoms with Crippen molar-refractivity contribution in [2.75, 3.05) is 6.54 Å². The largest absolute Gasteiger partial charge is 0.329 e. The minimum Gasteiger partial charge on any atom is -0.329 e. The van der Waals surface area contributed by atoms with E-state index < -0.39 is 32.6 Å². The maximum absolute atomic E-state index is 13.2. The lowest BCUT2D eigenvalue weighted by Crippen LogP contribution is -2.38. The van der Waals surface area contributed by atoms with Crippen molar-refractivity contribution in [3.63, 3.8) is 0 Å². The summed E-state index contributed by atoms with van der Waals surface area (Å²) >= 11 is 0. The van der Waals surface area contributed by atoms with Crippen LogP contribution in [0.3, 0.4) is 0 Å². The Morgan fingerprint density at radius 1 is 1.35 bits per heavy atom. The molecule has 1 rings (SSSR count). The van der Waals surface area contributed by atoms with Crippen molar-refractivity contribution < 1.29 is 17.2 Å². The first-order chi connectivity index (χ1) is 7.38. The highest BCUT2D eigenvalue weighted by molar-refractivity contribution is 7.89. The number of benzene rings is 1. The molecule has 3 N–H and O–H groups in total. The second kappa shape index (κ2) is 6.25. The maximum Gasteiger partial charge on any atom is 0.246 e. The van der Waals surface area contributed by atoms with Gasteiger partial charge < -0.3 is 5.73 Å². The molecule has 0 saturated carbocycles. The van der Waals surface area contributed by atoms with Crippen LogP contribution in [-0.4, -0.2) is 21.0 Å². The van der Waals surface area contributed by atoms with E-state index >= 15 is 0 Å². The van der Waals surface area contributed by atoms with Gasteiger partial charge in [0.15, 0.2) is 4.90 Å². The van der Waals surface area contributed by atoms with Gasteiger partial charge in [-0.1, -0.05) is 6.07 Å². The first-order valence-corrected chi connectivity index (χ1v) is 6.03. The van der Waals surface area contributed by atoms with E-state index in [2.05, 4.69) is 4.72 Å². The standard InChI is InChI=1S/C9H12F2N2O2S.ClH/c1-6(5-12)13-16(14,15)9-7(10)3-2-4-8(9)11;/h2-4,6,13H,5,12H2,1H3;1H/t6-;/m0./s1. The minimum atomic E-state index is -4.21. The van der Waals surface area contributed by atoms with Crippen LogP contribution in [0, 0.1) is 11.6 Å². The van der Waals surface area contributed by atoms with E-state index in [0.29, 0.717) is 0 Å². The number of nitrogens with one attached hydrogen (secondary N) is 1. The van der Waals surface area contributed by atoms with Crippen molar-refractivity contribution in [1.29, 1.82) is 0 Å². The van der Waals surface area contributed by atoms with Gasteiger partial charge in [0.25, 0.3) is 0 Å². The molecule has 4 nitrogen and oxygen atoms in total. The van der Waals surface area contributed by atoms with Gasteiger partial charge in [0.05, 0.1) is 0 Å². The summed E-state index contributed by atoms with van der Waals surface area (Å²) in [7, 11) is -4.21. The van der Waals surface area contributed by atoms with Gasteiger partial charge in [-0.15, -0.1) is 12.4 Å². The molecule has 0 unspecified atom stereocenters. The molecule has 0 bridgehead atoms. The van der Waals surface area contributed by atoms with Gasteiger partial charge >= 0.3 is 0 Å². The Bertz CT molecular complexity index is 462. The molecular weight excluding hydrogens is 274 g/mol. The summed E-state index contributed by atoms with van der Waals surface area (Å²) in [4.78, 5) is -0.977. The maximum atomic E-state index is 13.2. The molecule has 1 aromatic rings. The predicted octanol–water partition coefficient (Wildman–Crippen LogP) is 1.01. The van der Waals surface area contributed by atoms with E-state index in [4.69, 9.17) is 5.73 Å². The highest BCUT2D eigenvalue weighted by Gasteiger charge is 2.24. The summed E-state index contributed by atoms with van der Waals surface area (Å²) in [5.74, 6) is -2.26. The van der Waals surface area contributed by atoms with Crippen molar-refractivity contribution in [1.82, 2.24) is 4.72 Å². The molecule has 98 valence electrons. The third-order valence-electron chi connectivity index (χ3n) is 1.90. The molecule has 0 spiro atoms. The van der Waals surface area contributed by atoms with E-state index in [-0.39, 0.29) is 19.0 Å². The van der Waals surface area contributed by atoms with Gasteiger partial charge in [-0.05, 0) is 19.1 Å². The molecule has 0 heterocycles. The minimum absolute atomic E-state index is 0. The molecular formula is C9H13ClF2N2O2S. The van der Waals surface area contributed by atoms with E-state index in [1.807, 2.05) is 0 Å². The van der Waals surface area contributed by atoms with Crippen LogP contribution in [-0.2, 0) is 10.0 Å². The van der Waals surface area contributed by atoms with Crippen LogP contribution in [0.5, 0.6) is 0 Å². The second-order valence-electron chi connectivity index (χ2n) is 3.31. The third-order valence-corrected chi connectivity index (χ3v) is 3.54. The molecule has 0 aliphatic carbocycles. The van der Waals surface area contributed by atoms with Crippen LogP contribution in [0.2, 0.25) is 0 Å². The molecule has 1 aromatic carbocycles. The molecule has 0 aliphatic heterocycles. The summed E-state index contributed by atoms with van der Waals surface area (Å²) in [6.45, 7) is 1.53. The summed E-state index contributed by atoms with van der Waals surface area (Å²) in [6, 6.07) is 2.26. The summed E-state index contributed by atoms with van der Waals surface area (Å²) in [6.07, 6.45) is 0. The van der Waals surface area contributed by atoms with Crippen LogP contribution < -0.4 is 10.5 Å². The van der Waals surface area contributed by atoms with Gasteiger partial charge in [-0.2, -0.15) is 0 Å². The molecule has 17 heavy (non-hydrogen) atoms. The molecule has 0 saturated heterocycles. The van der Waals surface area contributed by atoms with Crippen LogP contribution in [0.1, 0.15) is 6.92 Å². The van der Waals surface area contributed by atoms with Gasteiger partial charge in [0.1, 0.15) is 11.6 Å². The fraction of sp³-hybridized carbons (Fsp3) is 0.333. The van der Waals surface area contributed by atoms with E-state index in [1.54, 1.807) is 0 Å². The second-order valence-corrected chi connectivity index (χ2v) is 4.96. The lowest BCUT2D eigenvalue weighted by atomic mass is 10.3. The normalized spacial score (nSPS) is 12.9. The molecule has 1 atom stereocenters. The molecule has 0 aliphatic rings. The van der Waals surface area contributed by atoms with Gasteiger partial charge in [-0.25, -0.2) is 21.9 Å². The Kier molecular flexibility index (Phi) is 5.97. The van der Waals surface area contributed by atoms with E-state index in [1.165, 1.54) is 6.92 Å². The summed E-state index contributed by atoms with van der Waals surface area (Å²) in [5, 5.41) is 0. The first kappa shape index (κ1) is 16.2. The quantitative estimate of drug-likeness (QED) is 0.868. The zero-order chi connectivity index (χ0) is 12.3. The lowest BCUT2D eigenvalue weighted by Gasteiger charge is -2.12. The van der Waals surface area contributed by atoms with E-state index in [0.717, 1.165) is 18.2 Å². The summed E-state index contributed by atoms with van der Waals surface area (Å²) in [5.41, 5.74) is 5.22.